The van der Waals surface area contributed by atoms with Crippen molar-refractivity contribution in [1.82, 2.24) is 24.8 Å². The fraction of sp³-hybridized carbons (Fsp3) is 0.460. The van der Waals surface area contributed by atoms with E-state index in [0.29, 0.717) is 25.1 Å². The number of rotatable bonds is 15. The Morgan fingerprint density at radius 1 is 0.803 bits per heavy atom. The summed E-state index contributed by atoms with van der Waals surface area (Å²) in [5.41, 5.74) is 14.8. The van der Waals surface area contributed by atoms with E-state index >= 15 is 0 Å². The number of esters is 4. The zero-order valence-electron chi connectivity index (χ0n) is 39.8. The van der Waals surface area contributed by atoms with Gasteiger partial charge in [-0.15, -0.1) is 11.8 Å². The number of allylic oxidation sites excluding steroid dienone is 3. The molecule has 2 N–H and O–H groups in total. The lowest BCUT2D eigenvalue weighted by atomic mass is 9.98. The van der Waals surface area contributed by atoms with Crippen molar-refractivity contribution in [3.05, 3.63) is 75.4 Å². The van der Waals surface area contributed by atoms with Crippen LogP contribution >= 0.6 is 11.8 Å². The molecular formula is C50H61N5O10S. The Kier molecular flexibility index (Phi) is 15.8. The maximum Gasteiger partial charge on any atom is 0.303 e. The van der Waals surface area contributed by atoms with Crippen LogP contribution in [0.4, 0.5) is 0 Å². The van der Waals surface area contributed by atoms with Gasteiger partial charge in [-0.2, -0.15) is 0 Å². The van der Waals surface area contributed by atoms with Gasteiger partial charge in [-0.3, -0.25) is 24.0 Å². The van der Waals surface area contributed by atoms with Crippen molar-refractivity contribution in [3.8, 4) is 0 Å². The lowest BCUT2D eigenvalue weighted by Crippen LogP contribution is -2.61. The Balaban J connectivity index is 1.23. The molecule has 0 unspecified atom stereocenters. The van der Waals surface area contributed by atoms with Crippen LogP contribution in [0.3, 0.4) is 0 Å². The van der Waals surface area contributed by atoms with Crippen molar-refractivity contribution in [2.45, 2.75) is 125 Å². The largest absolute Gasteiger partial charge is 0.463 e. The van der Waals surface area contributed by atoms with E-state index in [-0.39, 0.29) is 18.9 Å². The molecule has 3 aromatic heterocycles. The third-order valence-electron chi connectivity index (χ3n) is 12.2. The van der Waals surface area contributed by atoms with Gasteiger partial charge in [0.2, 0.25) is 5.91 Å². The van der Waals surface area contributed by atoms with E-state index in [1.54, 1.807) is 11.9 Å². The Bertz CT molecular complexity index is 2680. The maximum atomic E-state index is 13.8. The van der Waals surface area contributed by atoms with Crippen molar-refractivity contribution in [2.24, 2.45) is 0 Å². The maximum absolute atomic E-state index is 13.8. The molecule has 6 heterocycles. The first-order valence-corrected chi connectivity index (χ1v) is 23.3. The molecule has 3 aromatic rings. The van der Waals surface area contributed by atoms with Gasteiger partial charge >= 0.3 is 23.9 Å². The topological polar surface area (TPSA) is 192 Å². The van der Waals surface area contributed by atoms with Crippen LogP contribution in [0.5, 0.6) is 0 Å². The number of hydrogen-bond donors (Lipinski definition) is 2. The van der Waals surface area contributed by atoms with E-state index in [4.69, 9.17) is 33.7 Å². The summed E-state index contributed by atoms with van der Waals surface area (Å²) in [6.45, 7) is 21.6. The van der Waals surface area contributed by atoms with Crippen LogP contribution in [0.2, 0.25) is 0 Å². The molecule has 1 amide bonds. The summed E-state index contributed by atoms with van der Waals surface area (Å²) in [6.07, 6.45) is 1.39. The van der Waals surface area contributed by atoms with Crippen LogP contribution in [-0.2, 0) is 54.1 Å². The van der Waals surface area contributed by atoms with Gasteiger partial charge in [-0.25, -0.2) is 9.97 Å². The number of aryl methyl sites for hydroxylation is 3. The Hall–Kier alpha value is -6.00. The average molecular weight is 924 g/mol. The SMILES string of the molecule is C=Cc1c(C)c2cc3nc(c(C)c4nc(cc5[nH]c(cc1[nH]2)c(C)c5CC)C(C)=C4)C(CCC(=O)N(C)CCCS[C@@H]1O[C@H](COC(C)=O)[C@@H](OC(C)=O)[C@H](OC(C)=O)[C@H]1OC(C)=O)=C3C. The third kappa shape index (κ3) is 11.0. The van der Waals surface area contributed by atoms with E-state index in [2.05, 4.69) is 75.4 Å². The summed E-state index contributed by atoms with van der Waals surface area (Å²) in [6, 6.07) is 6.35. The minimum atomic E-state index is -1.24. The average Bonchev–Trinajstić information content (AvgIpc) is 3.96. The van der Waals surface area contributed by atoms with E-state index in [9.17, 15) is 24.0 Å². The van der Waals surface area contributed by atoms with E-state index in [1.165, 1.54) is 50.6 Å². The number of hydrogen-bond acceptors (Lipinski definition) is 13. The molecule has 1 saturated heterocycles. The Morgan fingerprint density at radius 3 is 2.09 bits per heavy atom. The summed E-state index contributed by atoms with van der Waals surface area (Å²) in [7, 11) is 1.76. The van der Waals surface area contributed by atoms with E-state index in [1.807, 2.05) is 13.0 Å². The van der Waals surface area contributed by atoms with Gasteiger partial charge in [0.1, 0.15) is 18.1 Å². The van der Waals surface area contributed by atoms with Crippen LogP contribution in [0.25, 0.3) is 50.9 Å². The van der Waals surface area contributed by atoms with Crippen LogP contribution in [0, 0.1) is 20.8 Å². The molecule has 3 aliphatic heterocycles. The minimum Gasteiger partial charge on any atom is -0.463 e. The van der Waals surface area contributed by atoms with Crippen molar-refractivity contribution in [1.29, 1.82) is 0 Å². The smallest absolute Gasteiger partial charge is 0.303 e. The van der Waals surface area contributed by atoms with E-state index < -0.39 is 53.7 Å². The highest BCUT2D eigenvalue weighted by molar-refractivity contribution is 7.99. The molecule has 16 heteroatoms. The lowest BCUT2D eigenvalue weighted by Gasteiger charge is -2.44. The second kappa shape index (κ2) is 21.1. The van der Waals surface area contributed by atoms with Crippen LogP contribution in [-0.4, -0.2) is 110 Å². The first-order chi connectivity index (χ1) is 31.3. The fourth-order valence-corrected chi connectivity index (χ4v) is 9.86. The molecule has 1 fully saturated rings. The predicted molar refractivity (Wildman–Crippen MR) is 257 cm³/mol. The fourth-order valence-electron chi connectivity index (χ4n) is 8.72. The van der Waals surface area contributed by atoms with Gasteiger partial charge in [0.15, 0.2) is 18.3 Å². The number of carbonyl (C=O) groups excluding carboxylic acids is 5. The van der Waals surface area contributed by atoms with Crippen molar-refractivity contribution >= 4 is 92.5 Å². The molecule has 15 nitrogen and oxygen atoms in total. The number of ether oxygens (including phenoxy) is 5. The summed E-state index contributed by atoms with van der Waals surface area (Å²) in [4.78, 5) is 81.5. The van der Waals surface area contributed by atoms with Crippen LogP contribution in [0.1, 0.15) is 118 Å². The predicted octanol–water partition coefficient (Wildman–Crippen LogP) is 8.38. The summed E-state index contributed by atoms with van der Waals surface area (Å²) in [5, 5.41) is 0. The number of amides is 1. The minimum absolute atomic E-state index is 0.0530. The second-order valence-corrected chi connectivity index (χ2v) is 18.1. The zero-order valence-corrected chi connectivity index (χ0v) is 40.6. The summed E-state index contributed by atoms with van der Waals surface area (Å²) < 4.78 is 28.1. The normalized spacial score (nSPS) is 19.2. The van der Waals surface area contributed by atoms with Gasteiger partial charge < -0.3 is 38.6 Å². The number of aromatic amines is 2. The van der Waals surface area contributed by atoms with Gasteiger partial charge in [0.25, 0.3) is 0 Å². The lowest BCUT2D eigenvalue weighted by molar-refractivity contribution is -0.237. The van der Waals surface area contributed by atoms with Gasteiger partial charge in [0.05, 0.1) is 22.8 Å². The Labute approximate surface area is 389 Å². The van der Waals surface area contributed by atoms with Crippen LogP contribution < -0.4 is 0 Å². The number of fused-ring (bicyclic) bond motifs is 8. The molecule has 0 aliphatic carbocycles. The van der Waals surface area contributed by atoms with Gasteiger partial charge in [-0.1, -0.05) is 19.6 Å². The number of H-pyrrole nitrogens is 2. The number of aromatic nitrogens is 4. The quantitative estimate of drug-likeness (QED) is 0.0840. The number of nitrogens with zero attached hydrogens (tertiary/aromatic N) is 3. The molecule has 3 aliphatic rings. The van der Waals surface area contributed by atoms with E-state index in [0.717, 1.165) is 84.7 Å². The number of nitrogens with one attached hydrogen (secondary N) is 2. The van der Waals surface area contributed by atoms with Crippen molar-refractivity contribution in [2.75, 3.05) is 26.0 Å². The van der Waals surface area contributed by atoms with Gasteiger partial charge in [0, 0.05) is 80.9 Å². The molecule has 0 radical (unpaired) electrons. The molecule has 352 valence electrons. The standard InChI is InChI=1S/C50H61N5O10S/c1-13-34-27(5)40-23-43-35(14-2)26(4)39(52-43)22-41-28(6)36(46(54-41)29(7)38-20-25(3)37(51-38)21-42(34)53-40)16-17-45(60)55(12)18-15-19-66-50-49(64-33(11)59)48(63-32(10)58)47(62-31(9)57)44(65-50)24-61-30(8)56/h14,20-23,44,47-50,52-53H,2,13,15-19,24H2,1,3-12H3/t44-,47-,48+,49-,50+/m1/s1. The first-order valence-electron chi connectivity index (χ1n) is 22.2. The molecular weight excluding hydrogens is 863 g/mol. The van der Waals surface area contributed by atoms with Crippen molar-refractivity contribution < 1.29 is 47.7 Å². The monoisotopic (exact) mass is 923 g/mol. The molecule has 0 saturated carbocycles. The van der Waals surface area contributed by atoms with Crippen LogP contribution in [0.15, 0.2) is 24.8 Å². The second-order valence-electron chi connectivity index (χ2n) is 16.9. The first kappa shape index (κ1) is 49.4. The third-order valence-corrected chi connectivity index (χ3v) is 13.4. The Morgan fingerprint density at radius 2 is 1.44 bits per heavy atom. The highest BCUT2D eigenvalue weighted by atomic mass is 32.2. The summed E-state index contributed by atoms with van der Waals surface area (Å²) >= 11 is 1.28. The zero-order chi connectivity index (χ0) is 48.1. The number of carbonyl (C=O) groups is 5. The van der Waals surface area contributed by atoms with Gasteiger partial charge in [-0.05, 0) is 117 Å². The molecule has 66 heavy (non-hydrogen) atoms. The van der Waals surface area contributed by atoms with Crippen molar-refractivity contribution in [3.63, 3.8) is 0 Å². The highest BCUT2D eigenvalue weighted by Crippen LogP contribution is 2.38. The number of thioether (sulfide) groups is 1. The molecule has 5 atom stereocenters. The summed E-state index contributed by atoms with van der Waals surface area (Å²) in [5.74, 6) is -2.26. The molecule has 0 spiro atoms. The highest BCUT2D eigenvalue weighted by Gasteiger charge is 2.52. The molecule has 0 aromatic carbocycles. The molecule has 8 bridgehead atoms. The molecule has 6 rings (SSSR count).